The summed E-state index contributed by atoms with van der Waals surface area (Å²) in [7, 11) is -0.432. The Morgan fingerprint density at radius 2 is 1.62 bits per heavy atom. The fraction of sp³-hybridized carbons (Fsp3) is 0.750. The lowest BCUT2D eigenvalue weighted by molar-refractivity contribution is 0.00578. The van der Waals surface area contributed by atoms with Crippen molar-refractivity contribution in [1.82, 2.24) is 0 Å². The summed E-state index contributed by atoms with van der Waals surface area (Å²) >= 11 is 4.17. The molecule has 0 spiro atoms. The highest BCUT2D eigenvalue weighted by Gasteiger charge is 2.51. The van der Waals surface area contributed by atoms with Crippen molar-refractivity contribution in [2.24, 2.45) is 5.73 Å². The quantitative estimate of drug-likeness (QED) is 0.497. The minimum Gasteiger partial charge on any atom is -0.404 e. The van der Waals surface area contributed by atoms with Crippen LogP contribution in [0.3, 0.4) is 0 Å². The zero-order chi connectivity index (χ0) is 10.3. The van der Waals surface area contributed by atoms with Gasteiger partial charge in [0.25, 0.3) is 0 Å². The molecule has 0 bridgehead atoms. The van der Waals surface area contributed by atoms with Crippen LogP contribution in [0.5, 0.6) is 0 Å². The summed E-state index contributed by atoms with van der Waals surface area (Å²) in [5.41, 5.74) is 4.68. The maximum Gasteiger partial charge on any atom is 0.502 e. The van der Waals surface area contributed by atoms with Gasteiger partial charge in [0, 0.05) is 4.80 Å². The summed E-state index contributed by atoms with van der Waals surface area (Å²) in [6.07, 6.45) is 1.39. The summed E-state index contributed by atoms with van der Waals surface area (Å²) in [5.74, 6) is 0. The average molecular weight is 201 g/mol. The van der Waals surface area contributed by atoms with Crippen LogP contribution in [0.1, 0.15) is 27.7 Å². The second kappa shape index (κ2) is 3.22. The van der Waals surface area contributed by atoms with Gasteiger partial charge in [-0.1, -0.05) is 0 Å². The molecule has 1 heterocycles. The van der Waals surface area contributed by atoms with E-state index in [1.807, 2.05) is 27.7 Å². The first-order valence-corrected chi connectivity index (χ1v) is 4.71. The molecule has 13 heavy (non-hydrogen) atoms. The molecule has 1 saturated heterocycles. The third kappa shape index (κ3) is 1.87. The smallest absolute Gasteiger partial charge is 0.404 e. The fourth-order valence-electron chi connectivity index (χ4n) is 1.04. The maximum absolute atomic E-state index is 5.67. The molecule has 0 radical (unpaired) electrons. The molecular weight excluding hydrogens is 185 g/mol. The fourth-order valence-corrected chi connectivity index (χ4v) is 1.15. The predicted molar refractivity (Wildman–Crippen MR) is 57.3 cm³/mol. The van der Waals surface area contributed by atoms with E-state index in [1.54, 1.807) is 0 Å². The lowest BCUT2D eigenvalue weighted by atomic mass is 9.90. The van der Waals surface area contributed by atoms with E-state index in [1.165, 1.54) is 6.20 Å². The first kappa shape index (κ1) is 11.0. The van der Waals surface area contributed by atoms with Gasteiger partial charge in [0.05, 0.1) is 11.2 Å². The molecular formula is C8H16BNO2S. The largest absolute Gasteiger partial charge is 0.502 e. The summed E-state index contributed by atoms with van der Waals surface area (Å²) in [4.78, 5) is 0.610. The molecule has 3 nitrogen and oxygen atoms in total. The lowest BCUT2D eigenvalue weighted by Gasteiger charge is -2.32. The van der Waals surface area contributed by atoms with Crippen molar-refractivity contribution in [3.05, 3.63) is 11.0 Å². The highest BCUT2D eigenvalue weighted by Crippen LogP contribution is 2.38. The van der Waals surface area contributed by atoms with E-state index in [4.69, 9.17) is 15.0 Å². The van der Waals surface area contributed by atoms with E-state index in [-0.39, 0.29) is 11.2 Å². The highest BCUT2D eigenvalue weighted by molar-refractivity contribution is 7.86. The monoisotopic (exact) mass is 201 g/mol. The molecule has 0 aromatic carbocycles. The first-order chi connectivity index (χ1) is 5.80. The van der Waals surface area contributed by atoms with Gasteiger partial charge in [0.2, 0.25) is 0 Å². The SMILES string of the molecule is CC1(C)OB(/C(S)=C/N)OC1(C)C. The Bertz CT molecular complexity index is 224. The molecule has 0 aliphatic carbocycles. The van der Waals surface area contributed by atoms with Crippen molar-refractivity contribution in [2.75, 3.05) is 0 Å². The molecule has 0 aromatic heterocycles. The Hall–Kier alpha value is -0.125. The van der Waals surface area contributed by atoms with Crippen LogP contribution in [0.2, 0.25) is 0 Å². The Kier molecular flexibility index (Phi) is 2.72. The lowest BCUT2D eigenvalue weighted by Crippen LogP contribution is -2.41. The van der Waals surface area contributed by atoms with Crippen molar-refractivity contribution < 1.29 is 9.31 Å². The minimum absolute atomic E-state index is 0.325. The maximum atomic E-state index is 5.67. The van der Waals surface area contributed by atoms with E-state index in [0.29, 0.717) is 4.80 Å². The molecule has 1 aliphatic heterocycles. The van der Waals surface area contributed by atoms with E-state index in [9.17, 15) is 0 Å². The molecule has 2 N–H and O–H groups in total. The van der Waals surface area contributed by atoms with E-state index < -0.39 is 7.12 Å². The molecule has 0 saturated carbocycles. The van der Waals surface area contributed by atoms with Crippen molar-refractivity contribution in [2.45, 2.75) is 38.9 Å². The van der Waals surface area contributed by atoms with E-state index in [2.05, 4.69) is 12.6 Å². The minimum atomic E-state index is -0.432. The molecule has 5 heteroatoms. The van der Waals surface area contributed by atoms with E-state index >= 15 is 0 Å². The second-order valence-electron chi connectivity index (χ2n) is 4.18. The van der Waals surface area contributed by atoms with Crippen molar-refractivity contribution >= 4 is 19.7 Å². The van der Waals surface area contributed by atoms with Gasteiger partial charge < -0.3 is 15.0 Å². The van der Waals surface area contributed by atoms with Gasteiger partial charge in [0.15, 0.2) is 0 Å². The number of hydrogen-bond acceptors (Lipinski definition) is 4. The van der Waals surface area contributed by atoms with Gasteiger partial charge in [-0.25, -0.2) is 0 Å². The van der Waals surface area contributed by atoms with Crippen LogP contribution in [-0.4, -0.2) is 18.3 Å². The van der Waals surface area contributed by atoms with E-state index in [0.717, 1.165) is 0 Å². The van der Waals surface area contributed by atoms with Gasteiger partial charge in [-0.15, -0.1) is 0 Å². The van der Waals surface area contributed by atoms with Gasteiger partial charge >= 0.3 is 7.12 Å². The standard InChI is InChI=1S/C8H16BNO2S/c1-7(2)8(3,4)12-9(11-7)6(13)5-10/h5,13H,10H2,1-4H3/b6-5-. The second-order valence-corrected chi connectivity index (χ2v) is 4.70. The van der Waals surface area contributed by atoms with Gasteiger partial charge in [-0.2, -0.15) is 12.6 Å². The molecule has 0 amide bonds. The Labute approximate surface area is 85.2 Å². The Morgan fingerprint density at radius 3 is 1.92 bits per heavy atom. The number of rotatable bonds is 1. The van der Waals surface area contributed by atoms with Crippen LogP contribution in [0.4, 0.5) is 0 Å². The third-order valence-electron chi connectivity index (χ3n) is 2.67. The van der Waals surface area contributed by atoms with Gasteiger partial charge in [-0.05, 0) is 33.9 Å². The zero-order valence-corrected chi connectivity index (χ0v) is 9.39. The molecule has 1 fully saturated rings. The van der Waals surface area contributed by atoms with Gasteiger partial charge in [-0.3, -0.25) is 0 Å². The summed E-state index contributed by atoms with van der Waals surface area (Å²) in [6.45, 7) is 7.96. The van der Waals surface area contributed by atoms with Crippen LogP contribution in [0.25, 0.3) is 0 Å². The Balaban J connectivity index is 2.82. The van der Waals surface area contributed by atoms with Gasteiger partial charge in [0.1, 0.15) is 0 Å². The zero-order valence-electron chi connectivity index (χ0n) is 8.50. The summed E-state index contributed by atoms with van der Waals surface area (Å²) in [5, 5.41) is 0. The van der Waals surface area contributed by atoms with Crippen LogP contribution >= 0.6 is 12.6 Å². The van der Waals surface area contributed by atoms with Crippen LogP contribution in [-0.2, 0) is 9.31 Å². The average Bonchev–Trinajstić information content (AvgIpc) is 2.20. The van der Waals surface area contributed by atoms with Crippen molar-refractivity contribution in [3.8, 4) is 0 Å². The topological polar surface area (TPSA) is 44.5 Å². The first-order valence-electron chi connectivity index (χ1n) is 4.26. The molecule has 0 atom stereocenters. The van der Waals surface area contributed by atoms with Crippen molar-refractivity contribution in [3.63, 3.8) is 0 Å². The molecule has 1 aliphatic rings. The summed E-state index contributed by atoms with van der Waals surface area (Å²) in [6, 6.07) is 0. The van der Waals surface area contributed by atoms with Crippen LogP contribution in [0.15, 0.2) is 11.0 Å². The Morgan fingerprint density at radius 1 is 1.23 bits per heavy atom. The van der Waals surface area contributed by atoms with Crippen molar-refractivity contribution in [1.29, 1.82) is 0 Å². The normalized spacial score (nSPS) is 26.5. The molecule has 1 rings (SSSR count). The number of hydrogen-bond donors (Lipinski definition) is 2. The highest BCUT2D eigenvalue weighted by atomic mass is 32.1. The van der Waals surface area contributed by atoms with Crippen LogP contribution in [0, 0.1) is 0 Å². The van der Waals surface area contributed by atoms with Crippen LogP contribution < -0.4 is 5.73 Å². The summed E-state index contributed by atoms with van der Waals surface area (Å²) < 4.78 is 11.3. The molecule has 74 valence electrons. The predicted octanol–water partition coefficient (Wildman–Crippen LogP) is 1.35. The third-order valence-corrected chi connectivity index (χ3v) is 3.03. The molecule has 0 aromatic rings. The molecule has 0 unspecified atom stereocenters. The number of nitrogens with two attached hydrogens (primary N) is 1. The number of thiol groups is 1.